The number of carbonyl (C=O) groups is 2. The molecule has 0 aromatic heterocycles. The Hall–Kier alpha value is -3.01. The number of benzene rings is 2. The second kappa shape index (κ2) is 9.86. The van der Waals surface area contributed by atoms with Gasteiger partial charge in [0, 0.05) is 50.6 Å². The van der Waals surface area contributed by atoms with Crippen LogP contribution in [0.1, 0.15) is 12.5 Å². The highest BCUT2D eigenvalue weighted by Crippen LogP contribution is 2.20. The van der Waals surface area contributed by atoms with E-state index in [2.05, 4.69) is 15.5 Å². The highest BCUT2D eigenvalue weighted by atomic mass is 32.2. The summed E-state index contributed by atoms with van der Waals surface area (Å²) in [6.45, 7) is 3.78. The Balaban J connectivity index is 1.58. The van der Waals surface area contributed by atoms with Crippen molar-refractivity contribution in [2.24, 2.45) is 0 Å². The highest BCUT2D eigenvalue weighted by molar-refractivity contribution is 7.89. The zero-order chi connectivity index (χ0) is 22.4. The molecule has 0 bridgehead atoms. The van der Waals surface area contributed by atoms with Crippen LogP contribution < -0.4 is 10.6 Å². The van der Waals surface area contributed by atoms with Gasteiger partial charge in [0.25, 0.3) is 0 Å². The van der Waals surface area contributed by atoms with Crippen molar-refractivity contribution in [1.82, 2.24) is 9.21 Å². The Morgan fingerprint density at radius 2 is 1.42 bits per heavy atom. The fourth-order valence-corrected chi connectivity index (χ4v) is 4.55. The van der Waals surface area contributed by atoms with Crippen LogP contribution in [0.2, 0.25) is 0 Å². The van der Waals surface area contributed by atoms with E-state index in [9.17, 15) is 18.0 Å². The summed E-state index contributed by atoms with van der Waals surface area (Å²) in [7, 11) is -1.57. The van der Waals surface area contributed by atoms with Gasteiger partial charge in [-0.25, -0.2) is 8.42 Å². The topological polar surface area (TPSA) is 98.8 Å². The van der Waals surface area contributed by atoms with E-state index in [4.69, 9.17) is 0 Å². The predicted octanol–water partition coefficient (Wildman–Crippen LogP) is 2.23. The zero-order valence-corrected chi connectivity index (χ0v) is 18.4. The van der Waals surface area contributed by atoms with Crippen molar-refractivity contribution < 1.29 is 18.0 Å². The van der Waals surface area contributed by atoms with Crippen molar-refractivity contribution >= 4 is 39.3 Å². The van der Waals surface area contributed by atoms with Gasteiger partial charge in [0.15, 0.2) is 0 Å². The third-order valence-corrected chi connectivity index (χ3v) is 6.79. The van der Waals surface area contributed by atoms with Gasteiger partial charge in [-0.1, -0.05) is 12.1 Å². The molecule has 0 atom stereocenters. The van der Waals surface area contributed by atoms with Gasteiger partial charge in [-0.2, -0.15) is 4.31 Å². The van der Waals surface area contributed by atoms with Crippen molar-refractivity contribution in [2.75, 3.05) is 43.9 Å². The first kappa shape index (κ1) is 22.7. The van der Waals surface area contributed by atoms with Gasteiger partial charge in [0.1, 0.15) is 0 Å². The normalized spacial score (nSPS) is 15.7. The monoisotopic (exact) mass is 442 g/mol. The quantitative estimate of drug-likeness (QED) is 0.669. The number of hydrogen-bond donors (Lipinski definition) is 2. The van der Waals surface area contributed by atoms with E-state index in [-0.39, 0.29) is 16.7 Å². The summed E-state index contributed by atoms with van der Waals surface area (Å²) in [5.41, 5.74) is 1.99. The number of carbonyl (C=O) groups excluding carboxylic acids is 2. The second-order valence-electron chi connectivity index (χ2n) is 7.36. The molecule has 0 aliphatic carbocycles. The van der Waals surface area contributed by atoms with Crippen molar-refractivity contribution in [1.29, 1.82) is 0 Å². The highest BCUT2D eigenvalue weighted by Gasteiger charge is 2.27. The summed E-state index contributed by atoms with van der Waals surface area (Å²) in [6.07, 6.45) is 3.04. The lowest BCUT2D eigenvalue weighted by Crippen LogP contribution is -2.46. The van der Waals surface area contributed by atoms with Crippen LogP contribution in [0.5, 0.6) is 0 Å². The number of nitrogens with zero attached hydrogens (tertiary/aromatic N) is 2. The molecule has 2 aromatic carbocycles. The molecular weight excluding hydrogens is 416 g/mol. The number of nitrogens with one attached hydrogen (secondary N) is 2. The standard InChI is InChI=1S/C22H26N4O4S/c1-17(27)23-19-6-3-18(4-7-19)5-12-22(28)24-20-8-10-21(11-9-20)31(29,30)26-15-13-25(2)14-16-26/h3-12H,13-16H2,1-2H3,(H,23,27)(H,24,28)/b12-5+. The molecular formula is C22H26N4O4S. The maximum Gasteiger partial charge on any atom is 0.248 e. The van der Waals surface area contributed by atoms with Gasteiger partial charge in [0.05, 0.1) is 4.90 Å². The van der Waals surface area contributed by atoms with Crippen LogP contribution in [-0.4, -0.2) is 62.7 Å². The van der Waals surface area contributed by atoms with E-state index < -0.39 is 10.0 Å². The minimum atomic E-state index is -3.53. The van der Waals surface area contributed by atoms with Crippen LogP contribution >= 0.6 is 0 Å². The molecule has 1 saturated heterocycles. The molecule has 1 fully saturated rings. The van der Waals surface area contributed by atoms with Gasteiger partial charge >= 0.3 is 0 Å². The summed E-state index contributed by atoms with van der Waals surface area (Å²) in [5, 5.41) is 5.39. The molecule has 1 aliphatic heterocycles. The van der Waals surface area contributed by atoms with E-state index in [1.807, 2.05) is 7.05 Å². The molecule has 1 heterocycles. The number of amides is 2. The molecule has 0 spiro atoms. The van der Waals surface area contributed by atoms with Crippen LogP contribution in [0.4, 0.5) is 11.4 Å². The third-order valence-electron chi connectivity index (χ3n) is 4.88. The zero-order valence-electron chi connectivity index (χ0n) is 17.5. The van der Waals surface area contributed by atoms with Crippen molar-refractivity contribution in [2.45, 2.75) is 11.8 Å². The second-order valence-corrected chi connectivity index (χ2v) is 9.30. The van der Waals surface area contributed by atoms with Crippen LogP contribution in [0.3, 0.4) is 0 Å². The molecule has 0 radical (unpaired) electrons. The molecule has 1 aliphatic rings. The molecule has 2 aromatic rings. The van der Waals surface area contributed by atoms with E-state index in [1.54, 1.807) is 42.5 Å². The maximum absolute atomic E-state index is 12.8. The maximum atomic E-state index is 12.8. The molecule has 2 amide bonds. The average molecular weight is 443 g/mol. The Morgan fingerprint density at radius 1 is 0.871 bits per heavy atom. The van der Waals surface area contributed by atoms with Crippen LogP contribution in [0.25, 0.3) is 6.08 Å². The fraction of sp³-hybridized carbons (Fsp3) is 0.273. The van der Waals surface area contributed by atoms with E-state index in [0.717, 1.165) is 5.56 Å². The molecule has 0 saturated carbocycles. The minimum Gasteiger partial charge on any atom is -0.326 e. The summed E-state index contributed by atoms with van der Waals surface area (Å²) in [4.78, 5) is 25.5. The first-order valence-electron chi connectivity index (χ1n) is 9.89. The average Bonchev–Trinajstić information content (AvgIpc) is 2.73. The smallest absolute Gasteiger partial charge is 0.248 e. The molecule has 31 heavy (non-hydrogen) atoms. The van der Waals surface area contributed by atoms with Crippen molar-refractivity contribution in [3.05, 3.63) is 60.2 Å². The molecule has 9 heteroatoms. The molecule has 164 valence electrons. The van der Waals surface area contributed by atoms with E-state index in [1.165, 1.54) is 29.4 Å². The first-order chi connectivity index (χ1) is 14.7. The lowest BCUT2D eigenvalue weighted by Gasteiger charge is -2.31. The number of likely N-dealkylation sites (N-methyl/N-ethyl adjacent to an activating group) is 1. The first-order valence-corrected chi connectivity index (χ1v) is 11.3. The van der Waals surface area contributed by atoms with Crippen LogP contribution in [0.15, 0.2) is 59.5 Å². The molecule has 3 rings (SSSR count). The van der Waals surface area contributed by atoms with Crippen molar-refractivity contribution in [3.8, 4) is 0 Å². The number of sulfonamides is 1. The Kier molecular flexibility index (Phi) is 7.21. The van der Waals surface area contributed by atoms with Gasteiger partial charge < -0.3 is 15.5 Å². The summed E-state index contributed by atoms with van der Waals surface area (Å²) in [5.74, 6) is -0.481. The minimum absolute atomic E-state index is 0.148. The summed E-state index contributed by atoms with van der Waals surface area (Å²) < 4.78 is 27.0. The largest absolute Gasteiger partial charge is 0.326 e. The number of rotatable bonds is 6. The van der Waals surface area contributed by atoms with E-state index >= 15 is 0 Å². The summed E-state index contributed by atoms with van der Waals surface area (Å²) in [6, 6.07) is 13.2. The van der Waals surface area contributed by atoms with Gasteiger partial charge in [-0.15, -0.1) is 0 Å². The number of piperazine rings is 1. The van der Waals surface area contributed by atoms with E-state index in [0.29, 0.717) is 37.6 Å². The third kappa shape index (κ3) is 6.24. The van der Waals surface area contributed by atoms with Crippen LogP contribution in [-0.2, 0) is 19.6 Å². The lowest BCUT2D eigenvalue weighted by molar-refractivity contribution is -0.114. The Morgan fingerprint density at radius 3 is 2.00 bits per heavy atom. The lowest BCUT2D eigenvalue weighted by atomic mass is 10.2. The van der Waals surface area contributed by atoms with Crippen molar-refractivity contribution in [3.63, 3.8) is 0 Å². The van der Waals surface area contributed by atoms with Gasteiger partial charge in [-0.05, 0) is 55.1 Å². The Labute approximate surface area is 182 Å². The molecule has 2 N–H and O–H groups in total. The molecule has 8 nitrogen and oxygen atoms in total. The fourth-order valence-electron chi connectivity index (χ4n) is 3.12. The summed E-state index contributed by atoms with van der Waals surface area (Å²) >= 11 is 0. The SMILES string of the molecule is CC(=O)Nc1ccc(/C=C/C(=O)Nc2ccc(S(=O)(=O)N3CCN(C)CC3)cc2)cc1. The number of hydrogen-bond acceptors (Lipinski definition) is 5. The predicted molar refractivity (Wildman–Crippen MR) is 121 cm³/mol. The van der Waals surface area contributed by atoms with Gasteiger partial charge in [-0.3, -0.25) is 9.59 Å². The number of anilines is 2. The van der Waals surface area contributed by atoms with Crippen LogP contribution in [0, 0.1) is 0 Å². The Bertz CT molecular complexity index is 1060. The molecule has 0 unspecified atom stereocenters. The van der Waals surface area contributed by atoms with Gasteiger partial charge in [0.2, 0.25) is 21.8 Å².